The highest BCUT2D eigenvalue weighted by atomic mass is 16.5. The molecular formula is C28H37N3O5. The molecule has 4 rings (SSSR count). The minimum atomic E-state index is -0.867. The van der Waals surface area contributed by atoms with Gasteiger partial charge in [-0.1, -0.05) is 36.4 Å². The summed E-state index contributed by atoms with van der Waals surface area (Å²) in [4.78, 5) is 28.6. The molecule has 0 radical (unpaired) electrons. The maximum Gasteiger partial charge on any atom is 0.307 e. The standard InChI is InChI=1S/C28H37N3O5/c32-27-21-31(19-24-6-4-5-23(15-24)18-30-10-13-35-14-11-30)20-25-16-22(17-28(33)34)7-8-26(25)36-12-3-1-2-9-29-27/h4-8,15-16H,1-3,9-14,17-21H2,(H,29,32)(H,33,34). The first-order valence-corrected chi connectivity index (χ1v) is 12.9. The highest BCUT2D eigenvalue weighted by Crippen LogP contribution is 2.24. The van der Waals surface area contributed by atoms with Crippen LogP contribution in [0.5, 0.6) is 5.75 Å². The van der Waals surface area contributed by atoms with Gasteiger partial charge in [-0.15, -0.1) is 0 Å². The van der Waals surface area contributed by atoms with Crippen LogP contribution in [-0.4, -0.2) is 72.8 Å². The van der Waals surface area contributed by atoms with Gasteiger partial charge in [0.25, 0.3) is 0 Å². The lowest BCUT2D eigenvalue weighted by Gasteiger charge is -2.27. The first kappa shape index (κ1) is 26.1. The first-order chi connectivity index (χ1) is 17.5. The van der Waals surface area contributed by atoms with Gasteiger partial charge in [0, 0.05) is 44.8 Å². The van der Waals surface area contributed by atoms with Crippen molar-refractivity contribution >= 4 is 11.9 Å². The summed E-state index contributed by atoms with van der Waals surface area (Å²) in [5.74, 6) is -0.105. The largest absolute Gasteiger partial charge is 0.493 e. The Labute approximate surface area is 213 Å². The summed E-state index contributed by atoms with van der Waals surface area (Å²) in [5, 5.41) is 12.3. The third-order valence-electron chi connectivity index (χ3n) is 6.55. The van der Waals surface area contributed by atoms with Crippen molar-refractivity contribution in [1.82, 2.24) is 15.1 Å². The lowest BCUT2D eigenvalue weighted by atomic mass is 10.1. The monoisotopic (exact) mass is 495 g/mol. The number of carbonyl (C=O) groups excluding carboxylic acids is 1. The highest BCUT2D eigenvalue weighted by Gasteiger charge is 2.17. The topological polar surface area (TPSA) is 91.3 Å². The van der Waals surface area contributed by atoms with Crippen molar-refractivity contribution in [3.63, 3.8) is 0 Å². The molecule has 2 aromatic rings. The van der Waals surface area contributed by atoms with E-state index in [0.717, 1.165) is 74.6 Å². The van der Waals surface area contributed by atoms with Gasteiger partial charge >= 0.3 is 5.97 Å². The molecule has 1 saturated heterocycles. The number of carbonyl (C=O) groups is 2. The molecule has 0 atom stereocenters. The lowest BCUT2D eigenvalue weighted by Crippen LogP contribution is -2.37. The van der Waals surface area contributed by atoms with Gasteiger partial charge in [-0.3, -0.25) is 19.4 Å². The van der Waals surface area contributed by atoms with Crippen molar-refractivity contribution in [1.29, 1.82) is 0 Å². The normalized spacial score (nSPS) is 18.6. The molecule has 0 spiro atoms. The van der Waals surface area contributed by atoms with Crippen LogP contribution in [0.1, 0.15) is 41.5 Å². The number of nitrogens with zero attached hydrogens (tertiary/aromatic N) is 2. The molecule has 8 heteroatoms. The second-order valence-corrected chi connectivity index (χ2v) is 9.63. The fourth-order valence-electron chi connectivity index (χ4n) is 4.77. The van der Waals surface area contributed by atoms with Crippen LogP contribution in [0.4, 0.5) is 0 Å². The first-order valence-electron chi connectivity index (χ1n) is 12.9. The number of benzene rings is 2. The van der Waals surface area contributed by atoms with Gasteiger partial charge in [0.05, 0.1) is 32.8 Å². The zero-order valence-corrected chi connectivity index (χ0v) is 20.9. The fourth-order valence-corrected chi connectivity index (χ4v) is 4.77. The molecule has 2 aliphatic rings. The summed E-state index contributed by atoms with van der Waals surface area (Å²) in [6.45, 7) is 6.92. The van der Waals surface area contributed by atoms with E-state index in [4.69, 9.17) is 9.47 Å². The molecule has 0 saturated carbocycles. The molecule has 0 aromatic heterocycles. The maximum atomic E-state index is 12.8. The summed E-state index contributed by atoms with van der Waals surface area (Å²) in [5.41, 5.74) is 4.02. The Hall–Kier alpha value is -2.94. The Bertz CT molecular complexity index is 1020. The zero-order chi connectivity index (χ0) is 25.2. The van der Waals surface area contributed by atoms with Crippen LogP contribution < -0.4 is 10.1 Å². The smallest absolute Gasteiger partial charge is 0.307 e. The van der Waals surface area contributed by atoms with Crippen LogP contribution in [0, 0.1) is 0 Å². The fraction of sp³-hybridized carbons (Fsp3) is 0.500. The van der Waals surface area contributed by atoms with E-state index in [0.29, 0.717) is 26.2 Å². The summed E-state index contributed by atoms with van der Waals surface area (Å²) in [6.07, 6.45) is 2.76. The summed E-state index contributed by atoms with van der Waals surface area (Å²) < 4.78 is 11.6. The number of morpholine rings is 1. The Balaban J connectivity index is 1.54. The Kier molecular flexibility index (Phi) is 9.72. The van der Waals surface area contributed by atoms with Crippen LogP contribution in [0.3, 0.4) is 0 Å². The zero-order valence-electron chi connectivity index (χ0n) is 20.9. The number of fused-ring (bicyclic) bond motifs is 1. The lowest BCUT2D eigenvalue weighted by molar-refractivity contribution is -0.136. The number of hydrogen-bond acceptors (Lipinski definition) is 6. The molecule has 2 heterocycles. The van der Waals surface area contributed by atoms with Crippen molar-refractivity contribution in [3.05, 3.63) is 64.7 Å². The van der Waals surface area contributed by atoms with E-state index in [9.17, 15) is 14.7 Å². The molecule has 1 fully saturated rings. The highest BCUT2D eigenvalue weighted by molar-refractivity contribution is 5.78. The second-order valence-electron chi connectivity index (χ2n) is 9.63. The molecule has 8 nitrogen and oxygen atoms in total. The number of carboxylic acids is 1. The predicted molar refractivity (Wildman–Crippen MR) is 137 cm³/mol. The summed E-state index contributed by atoms with van der Waals surface area (Å²) in [6, 6.07) is 14.1. The predicted octanol–water partition coefficient (Wildman–Crippen LogP) is 2.83. The average Bonchev–Trinajstić information content (AvgIpc) is 2.86. The molecule has 0 unspecified atom stereocenters. The minimum absolute atomic E-state index is 0.00266. The van der Waals surface area contributed by atoms with E-state index in [-0.39, 0.29) is 18.9 Å². The van der Waals surface area contributed by atoms with Gasteiger partial charge in [0.15, 0.2) is 0 Å². The van der Waals surface area contributed by atoms with Crippen LogP contribution in [0.25, 0.3) is 0 Å². The Morgan fingerprint density at radius 1 is 0.889 bits per heavy atom. The van der Waals surface area contributed by atoms with E-state index >= 15 is 0 Å². The molecule has 0 aliphatic carbocycles. The Morgan fingerprint density at radius 3 is 2.44 bits per heavy atom. The van der Waals surface area contributed by atoms with Crippen molar-refractivity contribution in [2.24, 2.45) is 0 Å². The van der Waals surface area contributed by atoms with Crippen molar-refractivity contribution in [2.45, 2.75) is 45.3 Å². The average molecular weight is 496 g/mol. The number of hydrogen-bond donors (Lipinski definition) is 2. The van der Waals surface area contributed by atoms with Crippen molar-refractivity contribution < 1.29 is 24.2 Å². The number of ether oxygens (including phenoxy) is 2. The molecular weight excluding hydrogens is 458 g/mol. The molecule has 2 aromatic carbocycles. The molecule has 194 valence electrons. The van der Waals surface area contributed by atoms with Gasteiger partial charge in [-0.05, 0) is 42.0 Å². The van der Waals surface area contributed by atoms with Gasteiger partial charge in [-0.25, -0.2) is 0 Å². The van der Waals surface area contributed by atoms with Gasteiger partial charge in [0.1, 0.15) is 5.75 Å². The molecule has 36 heavy (non-hydrogen) atoms. The van der Waals surface area contributed by atoms with Gasteiger partial charge in [-0.2, -0.15) is 0 Å². The summed E-state index contributed by atoms with van der Waals surface area (Å²) in [7, 11) is 0. The van der Waals surface area contributed by atoms with E-state index in [1.54, 1.807) is 0 Å². The Morgan fingerprint density at radius 2 is 1.67 bits per heavy atom. The van der Waals surface area contributed by atoms with Gasteiger partial charge < -0.3 is 19.9 Å². The quantitative estimate of drug-likeness (QED) is 0.637. The number of carboxylic acid groups (broad SMARTS) is 1. The second kappa shape index (κ2) is 13.4. The number of aliphatic carboxylic acids is 1. The SMILES string of the molecule is O=C(O)Cc1ccc2c(c1)CN(Cc1cccc(CN3CCOCC3)c1)CC(=O)NCCCCCO2. The molecule has 2 N–H and O–H groups in total. The summed E-state index contributed by atoms with van der Waals surface area (Å²) >= 11 is 0. The number of nitrogens with one attached hydrogen (secondary N) is 1. The van der Waals surface area contributed by atoms with Gasteiger partial charge in [0.2, 0.25) is 5.91 Å². The van der Waals surface area contributed by atoms with Crippen LogP contribution in [-0.2, 0) is 40.4 Å². The van der Waals surface area contributed by atoms with E-state index in [1.807, 2.05) is 18.2 Å². The third-order valence-corrected chi connectivity index (χ3v) is 6.55. The third kappa shape index (κ3) is 8.33. The van der Waals surface area contributed by atoms with Crippen LogP contribution in [0.15, 0.2) is 42.5 Å². The van der Waals surface area contributed by atoms with Crippen molar-refractivity contribution in [2.75, 3.05) is 46.0 Å². The van der Waals surface area contributed by atoms with Crippen LogP contribution >= 0.6 is 0 Å². The molecule has 1 amide bonds. The minimum Gasteiger partial charge on any atom is -0.493 e. The molecule has 2 aliphatic heterocycles. The number of rotatable bonds is 6. The number of amides is 1. The van der Waals surface area contributed by atoms with Crippen LogP contribution in [0.2, 0.25) is 0 Å². The van der Waals surface area contributed by atoms with E-state index in [1.165, 1.54) is 5.56 Å². The van der Waals surface area contributed by atoms with Crippen molar-refractivity contribution in [3.8, 4) is 5.75 Å². The maximum absolute atomic E-state index is 12.8. The van der Waals surface area contributed by atoms with E-state index in [2.05, 4.69) is 39.4 Å². The molecule has 0 bridgehead atoms. The van der Waals surface area contributed by atoms with E-state index < -0.39 is 5.97 Å².